The molecule has 1 aliphatic heterocycles. The molecule has 7 nitrogen and oxygen atoms in total. The normalized spacial score (nSPS) is 23.3. The van der Waals surface area contributed by atoms with Crippen LogP contribution < -0.4 is 15.4 Å². The Morgan fingerprint density at radius 2 is 1.89 bits per heavy atom. The van der Waals surface area contributed by atoms with Crippen LogP contribution in [0.4, 0.5) is 29.2 Å². The molecule has 2 aromatic rings. The molecule has 0 aromatic carbocycles. The second-order valence-electron chi connectivity index (χ2n) is 10.2. The van der Waals surface area contributed by atoms with Crippen LogP contribution in [0.15, 0.2) is 34.4 Å². The van der Waals surface area contributed by atoms with E-state index >= 15 is 0 Å². The highest BCUT2D eigenvalue weighted by Crippen LogP contribution is 2.48. The molecule has 2 fully saturated rings. The van der Waals surface area contributed by atoms with Gasteiger partial charge in [0.1, 0.15) is 21.8 Å². The number of nitrogen functional groups attached to an aromatic ring is 1. The largest absolute Gasteiger partial charge is 0.598 e. The van der Waals surface area contributed by atoms with Crippen molar-refractivity contribution in [2.75, 3.05) is 23.7 Å². The minimum atomic E-state index is -4.60. The standard InChI is InChI=1S/C23H30F4N6OS2/c1-21(2,3)36(34)32-17-14(24)6-7-22(17)8-11-33(12-9-22)16-13-30-20(19(28)31-16)35-15-5-4-10-29-18(15)23(25,26)27/h4-5,10,13-14,17,32H,6-9,11-12H2,1-3H3,(H2,28,31)/t14?,17?,36-/m1/s1. The van der Waals surface area contributed by atoms with Crippen molar-refractivity contribution in [2.24, 2.45) is 5.41 Å². The van der Waals surface area contributed by atoms with Gasteiger partial charge in [-0.25, -0.2) is 14.4 Å². The van der Waals surface area contributed by atoms with Crippen molar-refractivity contribution in [1.82, 2.24) is 19.7 Å². The van der Waals surface area contributed by atoms with E-state index < -0.39 is 40.2 Å². The number of aromatic nitrogens is 3. The Morgan fingerprint density at radius 1 is 1.19 bits per heavy atom. The zero-order chi connectivity index (χ0) is 26.3. The Morgan fingerprint density at radius 3 is 2.50 bits per heavy atom. The fraction of sp³-hybridized carbons (Fsp3) is 0.609. The molecular weight excluding hydrogens is 516 g/mol. The minimum absolute atomic E-state index is 0.0274. The summed E-state index contributed by atoms with van der Waals surface area (Å²) in [6.45, 7) is 6.76. The molecule has 2 unspecified atom stereocenters. The number of anilines is 2. The topological polar surface area (TPSA) is 103 Å². The molecule has 198 valence electrons. The van der Waals surface area contributed by atoms with Crippen molar-refractivity contribution in [3.63, 3.8) is 0 Å². The van der Waals surface area contributed by atoms with Gasteiger partial charge < -0.3 is 15.2 Å². The number of alkyl halides is 4. The minimum Gasteiger partial charge on any atom is -0.598 e. The molecule has 1 saturated heterocycles. The van der Waals surface area contributed by atoms with E-state index in [0.717, 1.165) is 24.4 Å². The maximum Gasteiger partial charge on any atom is 0.434 e. The molecule has 1 aliphatic carbocycles. The first-order valence-corrected chi connectivity index (χ1v) is 13.7. The van der Waals surface area contributed by atoms with Gasteiger partial charge in [-0.1, -0.05) is 11.8 Å². The zero-order valence-electron chi connectivity index (χ0n) is 20.3. The number of rotatable bonds is 5. The predicted octanol–water partition coefficient (Wildman–Crippen LogP) is 4.76. The lowest BCUT2D eigenvalue weighted by atomic mass is 9.74. The van der Waals surface area contributed by atoms with E-state index in [4.69, 9.17) is 5.73 Å². The predicted molar refractivity (Wildman–Crippen MR) is 133 cm³/mol. The summed E-state index contributed by atoms with van der Waals surface area (Å²) >= 11 is -0.602. The number of pyridine rings is 1. The van der Waals surface area contributed by atoms with Crippen LogP contribution in [0.5, 0.6) is 0 Å². The molecular formula is C23H30F4N6OS2. The van der Waals surface area contributed by atoms with Crippen LogP contribution in [-0.4, -0.2) is 49.6 Å². The Kier molecular flexibility index (Phi) is 7.67. The van der Waals surface area contributed by atoms with Gasteiger partial charge in [-0.3, -0.25) is 4.98 Å². The van der Waals surface area contributed by atoms with Gasteiger partial charge in [-0.2, -0.15) is 13.2 Å². The number of hydrogen-bond donors (Lipinski definition) is 2. The lowest BCUT2D eigenvalue weighted by Gasteiger charge is -2.44. The van der Waals surface area contributed by atoms with Crippen LogP contribution in [0, 0.1) is 5.41 Å². The summed E-state index contributed by atoms with van der Waals surface area (Å²) in [5.41, 5.74) is 4.78. The SMILES string of the molecule is CC(C)(C)[S@@+]([O-])NC1C(F)CCC12CCN(c1cnc(Sc3cccnc3C(F)(F)F)c(N)n1)CC2. The quantitative estimate of drug-likeness (QED) is 0.409. The molecule has 0 bridgehead atoms. The summed E-state index contributed by atoms with van der Waals surface area (Å²) in [6, 6.07) is 2.26. The summed E-state index contributed by atoms with van der Waals surface area (Å²) in [5, 5.41) is 0.163. The monoisotopic (exact) mass is 546 g/mol. The molecule has 1 saturated carbocycles. The third-order valence-corrected chi connectivity index (χ3v) is 9.45. The average molecular weight is 547 g/mol. The fourth-order valence-corrected chi connectivity index (χ4v) is 6.63. The summed E-state index contributed by atoms with van der Waals surface area (Å²) in [4.78, 5) is 14.0. The van der Waals surface area contributed by atoms with Gasteiger partial charge in [0.25, 0.3) is 0 Å². The fourth-order valence-electron chi connectivity index (χ4n) is 4.77. The first-order chi connectivity index (χ1) is 16.8. The molecule has 2 aromatic heterocycles. The highest BCUT2D eigenvalue weighted by molar-refractivity contribution is 7.99. The third kappa shape index (κ3) is 5.68. The van der Waals surface area contributed by atoms with E-state index in [9.17, 15) is 22.1 Å². The molecule has 0 radical (unpaired) electrons. The molecule has 36 heavy (non-hydrogen) atoms. The lowest BCUT2D eigenvalue weighted by Crippen LogP contribution is -2.55. The van der Waals surface area contributed by atoms with Crippen LogP contribution >= 0.6 is 11.8 Å². The van der Waals surface area contributed by atoms with Crippen LogP contribution in [0.3, 0.4) is 0 Å². The summed E-state index contributed by atoms with van der Waals surface area (Å²) in [6.07, 6.45) is -0.529. The molecule has 3 atom stereocenters. The molecule has 3 N–H and O–H groups in total. The van der Waals surface area contributed by atoms with Crippen LogP contribution in [0.25, 0.3) is 0 Å². The lowest BCUT2D eigenvalue weighted by molar-refractivity contribution is -0.143. The van der Waals surface area contributed by atoms with Gasteiger partial charge in [0.15, 0.2) is 11.5 Å². The number of nitrogens with two attached hydrogens (primary N) is 1. The number of hydrogen-bond acceptors (Lipinski definition) is 8. The number of nitrogens with zero attached hydrogens (tertiary/aromatic N) is 4. The van der Waals surface area contributed by atoms with E-state index in [1.807, 2.05) is 25.7 Å². The number of nitrogens with one attached hydrogen (secondary N) is 1. The summed E-state index contributed by atoms with van der Waals surface area (Å²) < 4.78 is 69.9. The Balaban J connectivity index is 1.45. The van der Waals surface area contributed by atoms with E-state index in [2.05, 4.69) is 19.7 Å². The van der Waals surface area contributed by atoms with Crippen LogP contribution in [-0.2, 0) is 17.5 Å². The Bertz CT molecular complexity index is 1080. The van der Waals surface area contributed by atoms with Gasteiger partial charge in [0, 0.05) is 35.5 Å². The first-order valence-electron chi connectivity index (χ1n) is 11.7. The van der Waals surface area contributed by atoms with E-state index in [1.54, 1.807) is 0 Å². The summed E-state index contributed by atoms with van der Waals surface area (Å²) in [5.74, 6) is 0.547. The van der Waals surface area contributed by atoms with Gasteiger partial charge in [-0.05, 0) is 64.0 Å². The van der Waals surface area contributed by atoms with Gasteiger partial charge in [0.05, 0.1) is 12.2 Å². The number of piperidine rings is 1. The van der Waals surface area contributed by atoms with Gasteiger partial charge in [0.2, 0.25) is 0 Å². The Hall–Kier alpha value is -1.83. The van der Waals surface area contributed by atoms with E-state index in [1.165, 1.54) is 18.3 Å². The molecule has 13 heteroatoms. The van der Waals surface area contributed by atoms with E-state index in [-0.39, 0.29) is 21.2 Å². The number of halogens is 4. The third-order valence-electron chi connectivity index (χ3n) is 6.81. The van der Waals surface area contributed by atoms with E-state index in [0.29, 0.717) is 38.2 Å². The van der Waals surface area contributed by atoms with Crippen LogP contribution in [0.2, 0.25) is 0 Å². The molecule has 3 heterocycles. The van der Waals surface area contributed by atoms with Crippen molar-refractivity contribution in [3.8, 4) is 0 Å². The zero-order valence-corrected chi connectivity index (χ0v) is 21.9. The van der Waals surface area contributed by atoms with Crippen molar-refractivity contribution in [1.29, 1.82) is 0 Å². The average Bonchev–Trinajstić information content (AvgIpc) is 3.09. The smallest absolute Gasteiger partial charge is 0.434 e. The van der Waals surface area contributed by atoms with Crippen molar-refractivity contribution in [3.05, 3.63) is 30.2 Å². The van der Waals surface area contributed by atoms with Gasteiger partial charge in [-0.15, -0.1) is 4.72 Å². The Labute approximate surface area is 215 Å². The van der Waals surface area contributed by atoms with Gasteiger partial charge >= 0.3 is 6.18 Å². The van der Waals surface area contributed by atoms with Crippen molar-refractivity contribution < 1.29 is 22.1 Å². The molecule has 2 aliphatic rings. The maximum absolute atomic E-state index is 14.8. The molecule has 4 rings (SSSR count). The first kappa shape index (κ1) is 27.2. The second kappa shape index (κ2) is 10.1. The summed E-state index contributed by atoms with van der Waals surface area (Å²) in [7, 11) is 0. The maximum atomic E-state index is 14.8. The molecule has 1 spiro atoms. The van der Waals surface area contributed by atoms with Crippen molar-refractivity contribution in [2.45, 2.75) is 79.5 Å². The second-order valence-corrected chi connectivity index (χ2v) is 13.3. The highest BCUT2D eigenvalue weighted by atomic mass is 32.2. The van der Waals surface area contributed by atoms with Crippen LogP contribution in [0.1, 0.15) is 52.1 Å². The molecule has 0 amide bonds. The highest BCUT2D eigenvalue weighted by Gasteiger charge is 2.53. The van der Waals surface area contributed by atoms with Crippen molar-refractivity contribution >= 4 is 34.8 Å².